The summed E-state index contributed by atoms with van der Waals surface area (Å²) < 4.78 is 4.93. The van der Waals surface area contributed by atoms with Gasteiger partial charge in [0.25, 0.3) is 0 Å². The Kier molecular flexibility index (Phi) is 3.75. The topological polar surface area (TPSA) is 59.9 Å². The molecule has 5 nitrogen and oxygen atoms in total. The van der Waals surface area contributed by atoms with E-state index >= 15 is 0 Å². The van der Waals surface area contributed by atoms with Gasteiger partial charge in [-0.3, -0.25) is 0 Å². The van der Waals surface area contributed by atoms with Crippen LogP contribution in [0.4, 0.5) is 5.95 Å². The van der Waals surface area contributed by atoms with Crippen molar-refractivity contribution in [3.8, 4) is 6.01 Å². The summed E-state index contributed by atoms with van der Waals surface area (Å²) >= 11 is 1.55. The van der Waals surface area contributed by atoms with Gasteiger partial charge in [-0.2, -0.15) is 15.0 Å². The van der Waals surface area contributed by atoms with Crippen molar-refractivity contribution in [3.05, 3.63) is 0 Å². The van der Waals surface area contributed by atoms with Gasteiger partial charge in [-0.05, 0) is 5.75 Å². The third-order valence-corrected chi connectivity index (χ3v) is 2.00. The third kappa shape index (κ3) is 2.73. The van der Waals surface area contributed by atoms with E-state index in [0.29, 0.717) is 17.1 Å². The van der Waals surface area contributed by atoms with Crippen molar-refractivity contribution in [1.82, 2.24) is 15.0 Å². The number of thioether (sulfide) groups is 1. The molecule has 0 amide bonds. The Morgan fingerprint density at radius 1 is 1.38 bits per heavy atom. The first-order valence-corrected chi connectivity index (χ1v) is 4.89. The lowest BCUT2D eigenvalue weighted by Gasteiger charge is -2.03. The maximum absolute atomic E-state index is 4.93. The first-order chi connectivity index (χ1) is 6.30. The van der Waals surface area contributed by atoms with Crippen molar-refractivity contribution in [2.45, 2.75) is 12.1 Å². The molecule has 0 atom stereocenters. The molecule has 0 radical (unpaired) electrons. The second-order valence-electron chi connectivity index (χ2n) is 2.11. The molecule has 72 valence electrons. The normalized spacial score (nSPS) is 9.77. The number of nitrogens with zero attached hydrogens (tertiary/aromatic N) is 3. The average Bonchev–Trinajstić information content (AvgIpc) is 2.17. The summed E-state index contributed by atoms with van der Waals surface area (Å²) in [5, 5.41) is 3.52. The van der Waals surface area contributed by atoms with Crippen molar-refractivity contribution in [2.75, 3.05) is 25.2 Å². The van der Waals surface area contributed by atoms with Gasteiger partial charge in [-0.1, -0.05) is 18.7 Å². The van der Waals surface area contributed by atoms with E-state index in [0.717, 1.165) is 5.75 Å². The predicted octanol–water partition coefficient (Wildman–Crippen LogP) is 1.03. The van der Waals surface area contributed by atoms with E-state index in [9.17, 15) is 0 Å². The summed E-state index contributed by atoms with van der Waals surface area (Å²) in [5.74, 6) is 1.46. The molecule has 0 saturated carbocycles. The molecule has 13 heavy (non-hydrogen) atoms. The second-order valence-corrected chi connectivity index (χ2v) is 3.34. The van der Waals surface area contributed by atoms with Gasteiger partial charge in [-0.25, -0.2) is 0 Å². The smallest absolute Gasteiger partial charge is 0.321 e. The lowest BCUT2D eigenvalue weighted by molar-refractivity contribution is 0.374. The maximum Gasteiger partial charge on any atom is 0.321 e. The van der Waals surface area contributed by atoms with E-state index in [1.165, 1.54) is 7.11 Å². The fraction of sp³-hybridized carbons (Fsp3) is 0.571. The Labute approximate surface area is 81.3 Å². The molecule has 0 aliphatic heterocycles. The number of aromatic nitrogens is 3. The van der Waals surface area contributed by atoms with Gasteiger partial charge in [0.05, 0.1) is 7.11 Å². The molecule has 0 aliphatic rings. The molecule has 1 N–H and O–H groups in total. The van der Waals surface area contributed by atoms with Crippen LogP contribution in [-0.2, 0) is 0 Å². The minimum atomic E-state index is 0.343. The Bertz CT molecular complexity index is 259. The van der Waals surface area contributed by atoms with Crippen LogP contribution in [-0.4, -0.2) is 34.9 Å². The van der Waals surface area contributed by atoms with E-state index in [1.54, 1.807) is 18.8 Å². The van der Waals surface area contributed by atoms with Crippen LogP contribution in [0.2, 0.25) is 0 Å². The summed E-state index contributed by atoms with van der Waals surface area (Å²) in [6.07, 6.45) is 0. The van der Waals surface area contributed by atoms with Gasteiger partial charge in [0.15, 0.2) is 5.16 Å². The molecular weight excluding hydrogens is 188 g/mol. The van der Waals surface area contributed by atoms with Crippen molar-refractivity contribution in [1.29, 1.82) is 0 Å². The van der Waals surface area contributed by atoms with Crippen molar-refractivity contribution >= 4 is 17.7 Å². The van der Waals surface area contributed by atoms with E-state index < -0.39 is 0 Å². The second kappa shape index (κ2) is 4.86. The van der Waals surface area contributed by atoms with Gasteiger partial charge < -0.3 is 10.1 Å². The minimum Gasteiger partial charge on any atom is -0.467 e. The van der Waals surface area contributed by atoms with Crippen molar-refractivity contribution in [2.24, 2.45) is 0 Å². The number of anilines is 1. The average molecular weight is 200 g/mol. The SMILES string of the molecule is CCSc1nc(NC)nc(OC)n1. The highest BCUT2D eigenvalue weighted by Gasteiger charge is 2.04. The predicted molar refractivity (Wildman–Crippen MR) is 52.3 cm³/mol. The zero-order valence-electron chi connectivity index (χ0n) is 7.87. The highest BCUT2D eigenvalue weighted by atomic mass is 32.2. The minimum absolute atomic E-state index is 0.343. The summed E-state index contributed by atoms with van der Waals surface area (Å²) in [7, 11) is 3.30. The lowest BCUT2D eigenvalue weighted by atomic mass is 10.9. The number of hydrogen-bond donors (Lipinski definition) is 1. The zero-order valence-corrected chi connectivity index (χ0v) is 8.68. The van der Waals surface area contributed by atoms with E-state index in [4.69, 9.17) is 4.74 Å². The molecule has 0 saturated heterocycles. The van der Waals surface area contributed by atoms with Crippen LogP contribution in [0.1, 0.15) is 6.92 Å². The van der Waals surface area contributed by atoms with Crippen LogP contribution in [0.25, 0.3) is 0 Å². The first-order valence-electron chi connectivity index (χ1n) is 3.90. The van der Waals surface area contributed by atoms with Crippen LogP contribution in [0, 0.1) is 0 Å². The Morgan fingerprint density at radius 3 is 2.69 bits per heavy atom. The molecule has 1 heterocycles. The van der Waals surface area contributed by atoms with E-state index in [-0.39, 0.29) is 0 Å². The Morgan fingerprint density at radius 2 is 2.15 bits per heavy atom. The number of nitrogens with one attached hydrogen (secondary N) is 1. The summed E-state index contributed by atoms with van der Waals surface area (Å²) in [4.78, 5) is 12.2. The largest absolute Gasteiger partial charge is 0.467 e. The highest BCUT2D eigenvalue weighted by Crippen LogP contribution is 2.16. The van der Waals surface area contributed by atoms with Gasteiger partial charge in [0.1, 0.15) is 0 Å². The zero-order chi connectivity index (χ0) is 9.68. The molecule has 1 aromatic heterocycles. The van der Waals surface area contributed by atoms with Crippen molar-refractivity contribution in [3.63, 3.8) is 0 Å². The molecule has 1 aromatic rings. The summed E-state index contributed by atoms with van der Waals surface area (Å²) in [6, 6.07) is 0.343. The lowest BCUT2D eigenvalue weighted by Crippen LogP contribution is -2.02. The standard InChI is InChI=1S/C7H12N4OS/c1-4-13-7-10-5(8-2)9-6(11-7)12-3/h4H2,1-3H3,(H,8,9,10,11). The summed E-state index contributed by atoms with van der Waals surface area (Å²) in [5.41, 5.74) is 0. The monoisotopic (exact) mass is 200 g/mol. The van der Waals surface area contributed by atoms with Crippen LogP contribution < -0.4 is 10.1 Å². The van der Waals surface area contributed by atoms with Crippen LogP contribution in [0.15, 0.2) is 5.16 Å². The molecule has 0 aromatic carbocycles. The molecule has 0 fully saturated rings. The van der Waals surface area contributed by atoms with E-state index in [2.05, 4.69) is 20.3 Å². The first kappa shape index (κ1) is 10.0. The number of rotatable bonds is 4. The molecule has 0 aliphatic carbocycles. The Hall–Kier alpha value is -1.04. The molecule has 0 spiro atoms. The van der Waals surface area contributed by atoms with Crippen LogP contribution >= 0.6 is 11.8 Å². The number of hydrogen-bond acceptors (Lipinski definition) is 6. The summed E-state index contributed by atoms with van der Waals surface area (Å²) in [6.45, 7) is 2.04. The third-order valence-electron chi connectivity index (χ3n) is 1.27. The molecule has 6 heteroatoms. The van der Waals surface area contributed by atoms with Gasteiger partial charge in [-0.15, -0.1) is 0 Å². The van der Waals surface area contributed by atoms with Gasteiger partial charge in [0.2, 0.25) is 5.95 Å². The van der Waals surface area contributed by atoms with Crippen LogP contribution in [0.3, 0.4) is 0 Å². The maximum atomic E-state index is 4.93. The fourth-order valence-electron chi connectivity index (χ4n) is 0.735. The number of methoxy groups -OCH3 is 1. The van der Waals surface area contributed by atoms with Crippen LogP contribution in [0.5, 0.6) is 6.01 Å². The molecule has 0 unspecified atom stereocenters. The van der Waals surface area contributed by atoms with Gasteiger partial charge in [0, 0.05) is 7.05 Å². The number of ether oxygens (including phenoxy) is 1. The van der Waals surface area contributed by atoms with E-state index in [1.807, 2.05) is 6.92 Å². The molecule has 1 rings (SSSR count). The Balaban J connectivity index is 2.93. The van der Waals surface area contributed by atoms with Gasteiger partial charge >= 0.3 is 6.01 Å². The highest BCUT2D eigenvalue weighted by molar-refractivity contribution is 7.99. The molecular formula is C7H12N4OS. The van der Waals surface area contributed by atoms with Crippen molar-refractivity contribution < 1.29 is 4.74 Å². The quantitative estimate of drug-likeness (QED) is 0.733. The fourth-order valence-corrected chi connectivity index (χ4v) is 1.29. The molecule has 0 bridgehead atoms.